The van der Waals surface area contributed by atoms with Gasteiger partial charge in [-0.2, -0.15) is 0 Å². The topological polar surface area (TPSA) is 77.2 Å². The highest BCUT2D eigenvalue weighted by Crippen LogP contribution is 2.58. The quantitative estimate of drug-likeness (QED) is 0.863. The molecule has 3 unspecified atom stereocenters. The summed E-state index contributed by atoms with van der Waals surface area (Å²) >= 11 is 1.53. The van der Waals surface area contributed by atoms with Gasteiger partial charge in [0.15, 0.2) is 0 Å². The number of nitrogens with zero attached hydrogens (tertiary/aromatic N) is 1. The van der Waals surface area contributed by atoms with E-state index in [1.165, 1.54) is 11.3 Å². The molecule has 1 saturated carbocycles. The fraction of sp³-hybridized carbons (Fsp3) is 0.692. The van der Waals surface area contributed by atoms with Crippen LogP contribution in [0.4, 0.5) is 0 Å². The Morgan fingerprint density at radius 1 is 1.68 bits per heavy atom. The number of carbonyl (C=O) groups excluding carboxylic acids is 1. The summed E-state index contributed by atoms with van der Waals surface area (Å²) in [4.78, 5) is 17.5. The van der Waals surface area contributed by atoms with Crippen molar-refractivity contribution in [2.45, 2.75) is 38.5 Å². The summed E-state index contributed by atoms with van der Waals surface area (Å²) in [6, 6.07) is 0. The zero-order chi connectivity index (χ0) is 13.7. The van der Waals surface area contributed by atoms with E-state index in [1.807, 2.05) is 13.8 Å². The van der Waals surface area contributed by atoms with E-state index in [0.29, 0.717) is 13.2 Å². The van der Waals surface area contributed by atoms with Crippen LogP contribution in [0, 0.1) is 11.3 Å². The lowest BCUT2D eigenvalue weighted by molar-refractivity contribution is -0.175. The third-order valence-electron chi connectivity index (χ3n) is 4.74. The minimum atomic E-state index is -0.821. The van der Waals surface area contributed by atoms with Crippen molar-refractivity contribution < 1.29 is 9.53 Å². The lowest BCUT2D eigenvalue weighted by Crippen LogP contribution is -2.80. The Labute approximate surface area is 116 Å². The number of nitrogens with two attached hydrogens (primary N) is 1. The number of amides is 1. The molecule has 0 aromatic carbocycles. The SMILES string of the molecule is CC1(C)C2OCCC2C1(N)C(=O)NCc1cncs1. The van der Waals surface area contributed by atoms with Gasteiger partial charge in [0, 0.05) is 29.0 Å². The van der Waals surface area contributed by atoms with Crippen molar-refractivity contribution in [1.29, 1.82) is 0 Å². The van der Waals surface area contributed by atoms with Crippen LogP contribution in [-0.2, 0) is 16.1 Å². The molecule has 1 aromatic rings. The van der Waals surface area contributed by atoms with Crippen molar-refractivity contribution in [2.75, 3.05) is 6.61 Å². The Hall–Kier alpha value is -0.980. The van der Waals surface area contributed by atoms with Crippen LogP contribution in [0.5, 0.6) is 0 Å². The molecule has 6 heteroatoms. The second-order valence-electron chi connectivity index (χ2n) is 5.93. The van der Waals surface area contributed by atoms with Crippen molar-refractivity contribution in [1.82, 2.24) is 10.3 Å². The van der Waals surface area contributed by atoms with E-state index in [4.69, 9.17) is 10.5 Å². The van der Waals surface area contributed by atoms with Gasteiger partial charge in [-0.3, -0.25) is 9.78 Å². The van der Waals surface area contributed by atoms with E-state index in [1.54, 1.807) is 11.7 Å². The highest BCUT2D eigenvalue weighted by molar-refractivity contribution is 7.09. The molecular formula is C13H19N3O2S. The number of hydrogen-bond acceptors (Lipinski definition) is 5. The highest BCUT2D eigenvalue weighted by Gasteiger charge is 2.71. The first kappa shape index (κ1) is 13.0. The minimum absolute atomic E-state index is 0.0716. The monoisotopic (exact) mass is 281 g/mol. The summed E-state index contributed by atoms with van der Waals surface area (Å²) in [7, 11) is 0. The summed E-state index contributed by atoms with van der Waals surface area (Å²) in [5.41, 5.74) is 7.07. The molecule has 1 aliphatic carbocycles. The molecule has 104 valence electrons. The normalized spacial score (nSPS) is 35.5. The van der Waals surface area contributed by atoms with E-state index >= 15 is 0 Å². The lowest BCUT2D eigenvalue weighted by atomic mass is 9.48. The molecule has 1 aromatic heterocycles. The predicted octanol–water partition coefficient (Wildman–Crippen LogP) is 0.902. The van der Waals surface area contributed by atoms with Crippen LogP contribution >= 0.6 is 11.3 Å². The molecule has 19 heavy (non-hydrogen) atoms. The molecular weight excluding hydrogens is 262 g/mol. The molecule has 1 aliphatic heterocycles. The number of ether oxygens (including phenoxy) is 1. The standard InChI is InChI=1S/C13H19N3O2S/c1-12(2)10-9(3-4-18-10)13(12,14)11(17)16-6-8-5-15-7-19-8/h5,7,9-10H,3-4,6,14H2,1-2H3,(H,16,17). The van der Waals surface area contributed by atoms with Gasteiger partial charge in [0.05, 0.1) is 18.2 Å². The molecule has 3 N–H and O–H groups in total. The average Bonchev–Trinajstić information content (AvgIpc) is 3.04. The first-order valence-corrected chi connectivity index (χ1v) is 7.42. The first-order valence-electron chi connectivity index (χ1n) is 6.54. The number of rotatable bonds is 3. The molecule has 2 heterocycles. The number of nitrogens with one attached hydrogen (secondary N) is 1. The van der Waals surface area contributed by atoms with Crippen LogP contribution < -0.4 is 11.1 Å². The van der Waals surface area contributed by atoms with Crippen molar-refractivity contribution in [3.63, 3.8) is 0 Å². The van der Waals surface area contributed by atoms with Crippen LogP contribution in [0.15, 0.2) is 11.7 Å². The van der Waals surface area contributed by atoms with Crippen molar-refractivity contribution in [3.05, 3.63) is 16.6 Å². The van der Waals surface area contributed by atoms with Gasteiger partial charge in [-0.15, -0.1) is 11.3 Å². The van der Waals surface area contributed by atoms with E-state index in [0.717, 1.165) is 11.3 Å². The zero-order valence-corrected chi connectivity index (χ0v) is 12.0. The van der Waals surface area contributed by atoms with Gasteiger partial charge >= 0.3 is 0 Å². The van der Waals surface area contributed by atoms with E-state index in [9.17, 15) is 4.79 Å². The average molecular weight is 281 g/mol. The number of aromatic nitrogens is 1. The molecule has 3 rings (SSSR count). The molecule has 1 saturated heterocycles. The van der Waals surface area contributed by atoms with Crippen molar-refractivity contribution in [3.8, 4) is 0 Å². The Balaban J connectivity index is 1.72. The second-order valence-corrected chi connectivity index (χ2v) is 6.90. The summed E-state index contributed by atoms with van der Waals surface area (Å²) in [5, 5.41) is 2.95. The molecule has 0 radical (unpaired) electrons. The minimum Gasteiger partial charge on any atom is -0.377 e. The summed E-state index contributed by atoms with van der Waals surface area (Å²) in [6.07, 6.45) is 2.76. The maximum atomic E-state index is 12.5. The molecule has 2 fully saturated rings. The second kappa shape index (κ2) is 4.26. The van der Waals surface area contributed by atoms with Gasteiger partial charge < -0.3 is 15.8 Å². The molecule has 2 aliphatic rings. The molecule has 0 spiro atoms. The maximum Gasteiger partial charge on any atom is 0.241 e. The summed E-state index contributed by atoms with van der Waals surface area (Å²) < 4.78 is 5.70. The van der Waals surface area contributed by atoms with Crippen LogP contribution in [0.25, 0.3) is 0 Å². The Bertz CT molecular complexity index is 488. The van der Waals surface area contributed by atoms with Gasteiger partial charge in [-0.05, 0) is 6.42 Å². The number of thiazole rings is 1. The Morgan fingerprint density at radius 3 is 3.16 bits per heavy atom. The highest BCUT2D eigenvalue weighted by atomic mass is 32.1. The van der Waals surface area contributed by atoms with Gasteiger partial charge in [0.2, 0.25) is 5.91 Å². The third-order valence-corrected chi connectivity index (χ3v) is 5.52. The fourth-order valence-corrected chi connectivity index (χ4v) is 4.02. The number of carbonyl (C=O) groups is 1. The van der Waals surface area contributed by atoms with Gasteiger partial charge in [-0.25, -0.2) is 0 Å². The van der Waals surface area contributed by atoms with Crippen LogP contribution in [0.1, 0.15) is 25.1 Å². The summed E-state index contributed by atoms with van der Waals surface area (Å²) in [6.45, 7) is 5.24. The number of hydrogen-bond donors (Lipinski definition) is 2. The Morgan fingerprint density at radius 2 is 2.47 bits per heavy atom. The van der Waals surface area contributed by atoms with E-state index in [2.05, 4.69) is 10.3 Å². The Kier molecular flexibility index (Phi) is 2.92. The van der Waals surface area contributed by atoms with Gasteiger partial charge in [0.25, 0.3) is 0 Å². The van der Waals surface area contributed by atoms with E-state index < -0.39 is 5.54 Å². The van der Waals surface area contributed by atoms with E-state index in [-0.39, 0.29) is 23.3 Å². The first-order chi connectivity index (χ1) is 8.98. The molecule has 1 amide bonds. The maximum absolute atomic E-state index is 12.5. The van der Waals surface area contributed by atoms with Gasteiger partial charge in [0.1, 0.15) is 5.54 Å². The molecule has 3 atom stereocenters. The smallest absolute Gasteiger partial charge is 0.241 e. The van der Waals surface area contributed by atoms with Crippen LogP contribution in [0.3, 0.4) is 0 Å². The van der Waals surface area contributed by atoms with Gasteiger partial charge in [-0.1, -0.05) is 13.8 Å². The largest absolute Gasteiger partial charge is 0.377 e. The fourth-order valence-electron chi connectivity index (χ4n) is 3.49. The number of fused-ring (bicyclic) bond motifs is 1. The van der Waals surface area contributed by atoms with Crippen molar-refractivity contribution >= 4 is 17.2 Å². The van der Waals surface area contributed by atoms with Crippen LogP contribution in [0.2, 0.25) is 0 Å². The molecule has 5 nitrogen and oxygen atoms in total. The molecule has 0 bridgehead atoms. The predicted molar refractivity (Wildman–Crippen MR) is 72.5 cm³/mol. The summed E-state index contributed by atoms with van der Waals surface area (Å²) in [5.74, 6) is 0.0709. The van der Waals surface area contributed by atoms with Crippen molar-refractivity contribution in [2.24, 2.45) is 17.1 Å². The lowest BCUT2D eigenvalue weighted by Gasteiger charge is -2.60. The van der Waals surface area contributed by atoms with Crippen LogP contribution in [-0.4, -0.2) is 29.1 Å². The zero-order valence-electron chi connectivity index (χ0n) is 11.2. The third kappa shape index (κ3) is 1.67.